The van der Waals surface area contributed by atoms with Crippen molar-refractivity contribution in [2.75, 3.05) is 24.7 Å². The minimum absolute atomic E-state index is 0.180. The molecule has 0 bridgehead atoms. The van der Waals surface area contributed by atoms with Crippen LogP contribution in [-0.4, -0.2) is 34.0 Å². The number of nitrogen functional groups attached to an aromatic ring is 1. The average Bonchev–Trinajstić information content (AvgIpc) is 2.32. The Bertz CT molecular complexity index is 349. The van der Waals surface area contributed by atoms with E-state index in [2.05, 4.69) is 9.97 Å². The summed E-state index contributed by atoms with van der Waals surface area (Å²) in [5, 5.41) is 9.77. The van der Waals surface area contributed by atoms with Crippen LogP contribution in [0.25, 0.3) is 0 Å². The maximum Gasteiger partial charge on any atom is 0.157 e. The summed E-state index contributed by atoms with van der Waals surface area (Å²) in [6, 6.07) is 1.74. The first kappa shape index (κ1) is 14.2. The van der Waals surface area contributed by atoms with E-state index in [1.807, 2.05) is 13.8 Å². The van der Waals surface area contributed by atoms with Crippen LogP contribution < -0.4 is 5.73 Å². The van der Waals surface area contributed by atoms with Crippen LogP contribution in [0.3, 0.4) is 0 Å². The smallest absolute Gasteiger partial charge is 0.157 e. The second-order valence-corrected chi connectivity index (χ2v) is 4.82. The quantitative estimate of drug-likeness (QED) is 0.566. The van der Waals surface area contributed by atoms with Gasteiger partial charge in [-0.15, -0.1) is 11.8 Å². The molecule has 1 heterocycles. The van der Waals surface area contributed by atoms with Gasteiger partial charge in [0.1, 0.15) is 17.5 Å². The number of aromatic nitrogens is 2. The lowest BCUT2D eigenvalue weighted by Crippen LogP contribution is -2.06. The van der Waals surface area contributed by atoms with Gasteiger partial charge in [-0.2, -0.15) is 0 Å². The predicted octanol–water partition coefficient (Wildman–Crippen LogP) is 1.32. The fourth-order valence-electron chi connectivity index (χ4n) is 1.10. The molecule has 0 aliphatic rings. The highest BCUT2D eigenvalue weighted by atomic mass is 32.2. The van der Waals surface area contributed by atoms with Crippen LogP contribution in [0.5, 0.6) is 0 Å². The van der Waals surface area contributed by atoms with E-state index in [-0.39, 0.29) is 12.5 Å². The van der Waals surface area contributed by atoms with Crippen molar-refractivity contribution < 1.29 is 9.84 Å². The average molecular weight is 257 g/mol. The number of anilines is 1. The van der Waals surface area contributed by atoms with Gasteiger partial charge in [0.05, 0.1) is 0 Å². The maximum atomic E-state index is 8.95. The molecule has 0 spiro atoms. The molecule has 1 aromatic rings. The molecule has 0 amide bonds. The molecule has 0 aliphatic heterocycles. The van der Waals surface area contributed by atoms with E-state index in [1.165, 1.54) is 0 Å². The second-order valence-electron chi connectivity index (χ2n) is 3.78. The van der Waals surface area contributed by atoms with Crippen LogP contribution in [0.1, 0.15) is 19.7 Å². The lowest BCUT2D eigenvalue weighted by molar-refractivity contribution is 0.128. The number of thioether (sulfide) groups is 1. The fourth-order valence-corrected chi connectivity index (χ4v) is 2.04. The Morgan fingerprint density at radius 1 is 1.53 bits per heavy atom. The van der Waals surface area contributed by atoms with Crippen molar-refractivity contribution in [3.63, 3.8) is 0 Å². The SMILES string of the molecule is CCOCc1nc(N)cc(SCC(C)CO)n1. The molecule has 0 saturated heterocycles. The Labute approximate surface area is 106 Å². The second kappa shape index (κ2) is 7.47. The molecule has 96 valence electrons. The first-order valence-electron chi connectivity index (χ1n) is 5.60. The largest absolute Gasteiger partial charge is 0.396 e. The van der Waals surface area contributed by atoms with Gasteiger partial charge in [-0.3, -0.25) is 0 Å². The zero-order valence-corrected chi connectivity index (χ0v) is 11.0. The first-order chi connectivity index (χ1) is 8.15. The van der Waals surface area contributed by atoms with E-state index in [0.717, 1.165) is 10.8 Å². The summed E-state index contributed by atoms with van der Waals surface area (Å²) >= 11 is 1.57. The van der Waals surface area contributed by atoms with Crippen LogP contribution in [0.4, 0.5) is 5.82 Å². The normalized spacial score (nSPS) is 12.6. The standard InChI is InChI=1S/C11H19N3O2S/c1-3-16-6-10-13-9(12)4-11(14-10)17-7-8(2)5-15/h4,8,15H,3,5-7H2,1-2H3,(H2,12,13,14). The van der Waals surface area contributed by atoms with Gasteiger partial charge in [-0.1, -0.05) is 6.92 Å². The molecule has 0 radical (unpaired) electrons. The highest BCUT2D eigenvalue weighted by Gasteiger charge is 2.06. The number of hydrogen-bond acceptors (Lipinski definition) is 6. The highest BCUT2D eigenvalue weighted by Crippen LogP contribution is 2.20. The van der Waals surface area contributed by atoms with Crippen LogP contribution in [0.2, 0.25) is 0 Å². The van der Waals surface area contributed by atoms with Crippen molar-refractivity contribution >= 4 is 17.6 Å². The number of aliphatic hydroxyl groups is 1. The Morgan fingerprint density at radius 3 is 2.94 bits per heavy atom. The Kier molecular flexibility index (Phi) is 6.25. The van der Waals surface area contributed by atoms with E-state index < -0.39 is 0 Å². The minimum atomic E-state index is 0.180. The molecule has 17 heavy (non-hydrogen) atoms. The summed E-state index contributed by atoms with van der Waals surface area (Å²) in [5.41, 5.74) is 5.70. The van der Waals surface area contributed by atoms with Crippen molar-refractivity contribution in [2.24, 2.45) is 5.92 Å². The summed E-state index contributed by atoms with van der Waals surface area (Å²) in [6.07, 6.45) is 0. The topological polar surface area (TPSA) is 81.3 Å². The third-order valence-electron chi connectivity index (χ3n) is 2.03. The van der Waals surface area contributed by atoms with Gasteiger partial charge in [-0.25, -0.2) is 9.97 Å². The van der Waals surface area contributed by atoms with Gasteiger partial charge < -0.3 is 15.6 Å². The van der Waals surface area contributed by atoms with E-state index >= 15 is 0 Å². The number of nitrogens with zero attached hydrogens (tertiary/aromatic N) is 2. The molecule has 5 nitrogen and oxygen atoms in total. The summed E-state index contributed by atoms with van der Waals surface area (Å²) in [4.78, 5) is 8.44. The summed E-state index contributed by atoms with van der Waals surface area (Å²) in [5.74, 6) is 2.10. The van der Waals surface area contributed by atoms with E-state index in [9.17, 15) is 0 Å². The van der Waals surface area contributed by atoms with E-state index in [0.29, 0.717) is 24.9 Å². The molecule has 1 unspecified atom stereocenters. The number of nitrogens with two attached hydrogens (primary N) is 1. The predicted molar refractivity (Wildman–Crippen MR) is 68.7 cm³/mol. The maximum absolute atomic E-state index is 8.95. The fraction of sp³-hybridized carbons (Fsp3) is 0.636. The van der Waals surface area contributed by atoms with Crippen LogP contribution >= 0.6 is 11.8 Å². The highest BCUT2D eigenvalue weighted by molar-refractivity contribution is 7.99. The molecule has 0 aromatic carbocycles. The third-order valence-corrected chi connectivity index (χ3v) is 3.27. The zero-order chi connectivity index (χ0) is 12.7. The molecular weight excluding hydrogens is 238 g/mol. The van der Waals surface area contributed by atoms with Crippen molar-refractivity contribution in [1.82, 2.24) is 9.97 Å². The van der Waals surface area contributed by atoms with Gasteiger partial charge >= 0.3 is 0 Å². The van der Waals surface area contributed by atoms with Crippen molar-refractivity contribution in [3.05, 3.63) is 11.9 Å². The van der Waals surface area contributed by atoms with Crippen molar-refractivity contribution in [2.45, 2.75) is 25.5 Å². The molecule has 0 aliphatic carbocycles. The van der Waals surface area contributed by atoms with Gasteiger partial charge in [-0.05, 0) is 12.8 Å². The summed E-state index contributed by atoms with van der Waals surface area (Å²) < 4.78 is 5.25. The molecular formula is C11H19N3O2S. The number of ether oxygens (including phenoxy) is 1. The van der Waals surface area contributed by atoms with E-state index in [1.54, 1.807) is 17.8 Å². The van der Waals surface area contributed by atoms with Gasteiger partial charge in [0.25, 0.3) is 0 Å². The van der Waals surface area contributed by atoms with Crippen molar-refractivity contribution in [3.8, 4) is 0 Å². The third kappa shape index (κ3) is 5.34. The van der Waals surface area contributed by atoms with Crippen molar-refractivity contribution in [1.29, 1.82) is 0 Å². The zero-order valence-electron chi connectivity index (χ0n) is 10.2. The van der Waals surface area contributed by atoms with E-state index in [4.69, 9.17) is 15.6 Å². The molecule has 1 rings (SSSR count). The van der Waals surface area contributed by atoms with Gasteiger partial charge in [0.15, 0.2) is 5.82 Å². The number of rotatable bonds is 7. The molecule has 1 aromatic heterocycles. The first-order valence-corrected chi connectivity index (χ1v) is 6.59. The van der Waals surface area contributed by atoms with Gasteiger partial charge in [0, 0.05) is 25.0 Å². The molecule has 0 saturated carbocycles. The molecule has 1 atom stereocenters. The van der Waals surface area contributed by atoms with Crippen LogP contribution in [-0.2, 0) is 11.3 Å². The summed E-state index contributed by atoms with van der Waals surface area (Å²) in [6.45, 7) is 5.09. The number of aliphatic hydroxyl groups excluding tert-OH is 1. The van der Waals surface area contributed by atoms with Crippen LogP contribution in [0, 0.1) is 5.92 Å². The monoisotopic (exact) mass is 257 g/mol. The van der Waals surface area contributed by atoms with Crippen LogP contribution in [0.15, 0.2) is 11.1 Å². The Morgan fingerprint density at radius 2 is 2.29 bits per heavy atom. The molecule has 6 heteroatoms. The Balaban J connectivity index is 2.61. The molecule has 3 N–H and O–H groups in total. The summed E-state index contributed by atoms with van der Waals surface area (Å²) in [7, 11) is 0. The number of hydrogen-bond donors (Lipinski definition) is 2. The lowest BCUT2D eigenvalue weighted by Gasteiger charge is -2.08. The van der Waals surface area contributed by atoms with Gasteiger partial charge in [0.2, 0.25) is 0 Å². The minimum Gasteiger partial charge on any atom is -0.396 e. The molecule has 0 fully saturated rings. The Hall–Kier alpha value is -0.850. The lowest BCUT2D eigenvalue weighted by atomic mass is 10.2.